The van der Waals surface area contributed by atoms with Crippen LogP contribution in [0.5, 0.6) is 0 Å². The molecule has 1 aromatic heterocycles. The van der Waals surface area contributed by atoms with Crippen LogP contribution in [0.1, 0.15) is 19.8 Å². The molecule has 1 heterocycles. The molecule has 8 heteroatoms. The van der Waals surface area contributed by atoms with Gasteiger partial charge in [0.05, 0.1) is 28.7 Å². The number of sulfonamides is 1. The standard InChI is InChI=1S/C24H23N3O3S.ClH/c1-3-8-23(28)27(31(2,29)30)18-15-13-17(14-16-18)25-24-19-9-4-6-11-21(19)26-22-12-7-5-10-20(22)24;/h4-7,9-16H,3,8H2,1-2H3,(H,25,26);1H. The number of aromatic nitrogens is 1. The number of hydrogen-bond donors (Lipinski definition) is 1. The molecule has 166 valence electrons. The highest BCUT2D eigenvalue weighted by Crippen LogP contribution is 2.33. The monoisotopic (exact) mass is 469 g/mol. The molecule has 3 aromatic carbocycles. The summed E-state index contributed by atoms with van der Waals surface area (Å²) in [6.45, 7) is 1.84. The molecule has 1 amide bonds. The van der Waals surface area contributed by atoms with Crippen molar-refractivity contribution in [2.75, 3.05) is 15.9 Å². The third kappa shape index (κ3) is 4.69. The zero-order chi connectivity index (χ0) is 22.0. The van der Waals surface area contributed by atoms with Crippen molar-refractivity contribution in [1.29, 1.82) is 0 Å². The molecular formula is C24H24ClN3O3S. The number of halogens is 1. The SMILES string of the molecule is CCCC(=O)N(c1ccc(Nc2c3ccccc3nc3ccccc23)cc1)S(C)(=O)=O.Cl. The molecule has 0 aliphatic carbocycles. The van der Waals surface area contributed by atoms with Gasteiger partial charge in [0.15, 0.2) is 0 Å². The Hall–Kier alpha value is -3.16. The third-order valence-corrected chi connectivity index (χ3v) is 6.06. The number of carbonyl (C=O) groups is 1. The number of pyridine rings is 1. The van der Waals surface area contributed by atoms with Gasteiger partial charge in [-0.15, -0.1) is 12.4 Å². The van der Waals surface area contributed by atoms with E-state index < -0.39 is 15.9 Å². The minimum atomic E-state index is -3.71. The molecule has 0 spiro atoms. The van der Waals surface area contributed by atoms with Crippen molar-refractivity contribution in [1.82, 2.24) is 4.98 Å². The van der Waals surface area contributed by atoms with E-state index in [9.17, 15) is 13.2 Å². The predicted molar refractivity (Wildman–Crippen MR) is 133 cm³/mol. The number of nitrogens with one attached hydrogen (secondary N) is 1. The number of fused-ring (bicyclic) bond motifs is 2. The van der Waals surface area contributed by atoms with Gasteiger partial charge in [0.2, 0.25) is 15.9 Å². The zero-order valence-electron chi connectivity index (χ0n) is 17.8. The van der Waals surface area contributed by atoms with Gasteiger partial charge in [-0.05, 0) is 42.8 Å². The number of benzene rings is 3. The molecular weight excluding hydrogens is 446 g/mol. The van der Waals surface area contributed by atoms with E-state index in [-0.39, 0.29) is 18.8 Å². The number of anilines is 3. The molecule has 0 fully saturated rings. The van der Waals surface area contributed by atoms with Crippen LogP contribution in [0.15, 0.2) is 72.8 Å². The first-order valence-electron chi connectivity index (χ1n) is 10.1. The lowest BCUT2D eigenvalue weighted by Crippen LogP contribution is -2.35. The van der Waals surface area contributed by atoms with Crippen molar-refractivity contribution < 1.29 is 13.2 Å². The lowest BCUT2D eigenvalue weighted by atomic mass is 10.1. The summed E-state index contributed by atoms with van der Waals surface area (Å²) in [7, 11) is -3.71. The minimum absolute atomic E-state index is 0. The molecule has 1 N–H and O–H groups in total. The minimum Gasteiger partial charge on any atom is -0.354 e. The number of amides is 1. The maximum absolute atomic E-state index is 12.4. The van der Waals surface area contributed by atoms with E-state index in [4.69, 9.17) is 4.98 Å². The molecule has 0 aliphatic rings. The van der Waals surface area contributed by atoms with Crippen molar-refractivity contribution in [3.05, 3.63) is 72.8 Å². The molecule has 0 atom stereocenters. The van der Waals surface area contributed by atoms with Gasteiger partial charge in [0.25, 0.3) is 0 Å². The first-order valence-corrected chi connectivity index (χ1v) is 11.9. The Bertz CT molecular complexity index is 1320. The van der Waals surface area contributed by atoms with Gasteiger partial charge in [0, 0.05) is 22.9 Å². The van der Waals surface area contributed by atoms with Crippen LogP contribution in [0.25, 0.3) is 21.8 Å². The van der Waals surface area contributed by atoms with Crippen molar-refractivity contribution in [3.63, 3.8) is 0 Å². The summed E-state index contributed by atoms with van der Waals surface area (Å²) < 4.78 is 25.3. The second-order valence-corrected chi connectivity index (χ2v) is 9.20. The molecule has 6 nitrogen and oxygen atoms in total. The number of nitrogens with zero attached hydrogens (tertiary/aromatic N) is 2. The van der Waals surface area contributed by atoms with E-state index in [1.165, 1.54) is 0 Å². The van der Waals surface area contributed by atoms with Crippen LogP contribution < -0.4 is 9.62 Å². The van der Waals surface area contributed by atoms with E-state index in [2.05, 4.69) is 5.32 Å². The Morgan fingerprint density at radius 3 is 1.94 bits per heavy atom. The van der Waals surface area contributed by atoms with Crippen molar-refractivity contribution in [2.45, 2.75) is 19.8 Å². The first kappa shape index (κ1) is 23.5. The first-order chi connectivity index (χ1) is 14.9. The van der Waals surface area contributed by atoms with Crippen LogP contribution in [0.2, 0.25) is 0 Å². The van der Waals surface area contributed by atoms with E-state index in [1.54, 1.807) is 24.3 Å². The average molecular weight is 470 g/mol. The fourth-order valence-electron chi connectivity index (χ4n) is 3.63. The van der Waals surface area contributed by atoms with Gasteiger partial charge in [-0.25, -0.2) is 17.7 Å². The summed E-state index contributed by atoms with van der Waals surface area (Å²) in [5.41, 5.74) is 3.80. The third-order valence-electron chi connectivity index (χ3n) is 4.98. The van der Waals surface area contributed by atoms with Gasteiger partial charge in [-0.1, -0.05) is 43.3 Å². The van der Waals surface area contributed by atoms with Gasteiger partial charge in [-0.2, -0.15) is 0 Å². The van der Waals surface area contributed by atoms with Gasteiger partial charge >= 0.3 is 0 Å². The Morgan fingerprint density at radius 1 is 0.906 bits per heavy atom. The van der Waals surface area contributed by atoms with E-state index in [0.717, 1.165) is 43.7 Å². The molecule has 0 aliphatic heterocycles. The molecule has 0 saturated carbocycles. The summed E-state index contributed by atoms with van der Waals surface area (Å²) in [5.74, 6) is -0.433. The maximum atomic E-state index is 12.4. The molecule has 4 aromatic rings. The highest BCUT2D eigenvalue weighted by atomic mass is 35.5. The lowest BCUT2D eigenvalue weighted by molar-refractivity contribution is -0.117. The topological polar surface area (TPSA) is 79.4 Å². The zero-order valence-corrected chi connectivity index (χ0v) is 19.4. The van der Waals surface area contributed by atoms with Crippen LogP contribution in [-0.4, -0.2) is 25.6 Å². The smallest absolute Gasteiger partial charge is 0.240 e. The fourth-order valence-corrected chi connectivity index (χ4v) is 4.60. The molecule has 0 radical (unpaired) electrons. The van der Waals surface area contributed by atoms with Crippen LogP contribution in [-0.2, 0) is 14.8 Å². The maximum Gasteiger partial charge on any atom is 0.240 e. The molecule has 0 saturated heterocycles. The number of para-hydroxylation sites is 2. The largest absolute Gasteiger partial charge is 0.354 e. The predicted octanol–water partition coefficient (Wildman–Crippen LogP) is 5.65. The highest BCUT2D eigenvalue weighted by Gasteiger charge is 2.24. The van der Waals surface area contributed by atoms with Crippen LogP contribution in [0, 0.1) is 0 Å². The number of hydrogen-bond acceptors (Lipinski definition) is 5. The Labute approximate surface area is 193 Å². The van der Waals surface area contributed by atoms with Gasteiger partial charge in [-0.3, -0.25) is 4.79 Å². The fraction of sp³-hybridized carbons (Fsp3) is 0.167. The van der Waals surface area contributed by atoms with Gasteiger partial charge in [0.1, 0.15) is 0 Å². The van der Waals surface area contributed by atoms with Crippen LogP contribution >= 0.6 is 12.4 Å². The molecule has 4 rings (SSSR count). The van der Waals surface area contributed by atoms with Crippen molar-refractivity contribution in [3.8, 4) is 0 Å². The summed E-state index contributed by atoms with van der Waals surface area (Å²) in [6.07, 6.45) is 1.79. The summed E-state index contributed by atoms with van der Waals surface area (Å²) in [4.78, 5) is 17.1. The highest BCUT2D eigenvalue weighted by molar-refractivity contribution is 7.92. The normalized spacial score (nSPS) is 11.2. The lowest BCUT2D eigenvalue weighted by Gasteiger charge is -2.21. The quantitative estimate of drug-likeness (QED) is 0.369. The van der Waals surface area contributed by atoms with Crippen LogP contribution in [0.4, 0.5) is 17.1 Å². The van der Waals surface area contributed by atoms with E-state index >= 15 is 0 Å². The van der Waals surface area contributed by atoms with E-state index in [0.29, 0.717) is 12.1 Å². The Morgan fingerprint density at radius 2 is 1.44 bits per heavy atom. The van der Waals surface area contributed by atoms with Crippen molar-refractivity contribution >= 4 is 67.2 Å². The second-order valence-electron chi connectivity index (χ2n) is 7.36. The van der Waals surface area contributed by atoms with Crippen molar-refractivity contribution in [2.24, 2.45) is 0 Å². The summed E-state index contributed by atoms with van der Waals surface area (Å²) in [5, 5.41) is 5.43. The molecule has 0 unspecified atom stereocenters. The Kier molecular flexibility index (Phi) is 7.01. The van der Waals surface area contributed by atoms with E-state index in [1.807, 2.05) is 55.5 Å². The van der Waals surface area contributed by atoms with Gasteiger partial charge < -0.3 is 5.32 Å². The molecule has 0 bridgehead atoms. The number of carbonyl (C=O) groups excluding carboxylic acids is 1. The van der Waals surface area contributed by atoms with Crippen LogP contribution in [0.3, 0.4) is 0 Å². The molecule has 32 heavy (non-hydrogen) atoms. The summed E-state index contributed by atoms with van der Waals surface area (Å²) in [6, 6.07) is 22.6. The Balaban J connectivity index is 0.00000289. The average Bonchev–Trinajstić information content (AvgIpc) is 2.74. The second kappa shape index (κ2) is 9.54. The summed E-state index contributed by atoms with van der Waals surface area (Å²) >= 11 is 0. The number of rotatable bonds is 6.